The molecule has 0 amide bonds. The van der Waals surface area contributed by atoms with E-state index >= 15 is 0 Å². The average molecular weight is 304 g/mol. The lowest BCUT2D eigenvalue weighted by Gasteiger charge is -2.23. The lowest BCUT2D eigenvalue weighted by atomic mass is 9.95. The van der Waals surface area contributed by atoms with E-state index in [1.165, 1.54) is 37.8 Å². The Morgan fingerprint density at radius 3 is 2.45 bits per heavy atom. The van der Waals surface area contributed by atoms with Crippen molar-refractivity contribution in [2.24, 2.45) is 5.92 Å². The molecule has 0 aliphatic heterocycles. The summed E-state index contributed by atoms with van der Waals surface area (Å²) in [4.78, 5) is 0. The zero-order chi connectivity index (χ0) is 15.6. The Kier molecular flexibility index (Phi) is 7.58. The Bertz CT molecular complexity index is 396. The predicted octanol–water partition coefficient (Wildman–Crippen LogP) is 4.45. The summed E-state index contributed by atoms with van der Waals surface area (Å²) in [7, 11) is 0. The van der Waals surface area contributed by atoms with Crippen molar-refractivity contribution >= 4 is 5.69 Å². The second kappa shape index (κ2) is 9.73. The molecule has 3 heteroatoms. The van der Waals surface area contributed by atoms with E-state index in [0.29, 0.717) is 5.92 Å². The molecule has 1 aliphatic rings. The van der Waals surface area contributed by atoms with Crippen LogP contribution in [0.4, 0.5) is 5.69 Å². The molecule has 1 aromatic rings. The third kappa shape index (κ3) is 6.69. The number of anilines is 1. The molecule has 0 heterocycles. The second-order valence-corrected chi connectivity index (χ2v) is 6.77. The first-order valence-corrected chi connectivity index (χ1v) is 8.94. The van der Waals surface area contributed by atoms with Gasteiger partial charge in [0.1, 0.15) is 5.75 Å². The van der Waals surface area contributed by atoms with Crippen LogP contribution in [0.1, 0.15) is 52.4 Å². The van der Waals surface area contributed by atoms with Crippen LogP contribution in [0.25, 0.3) is 0 Å². The maximum Gasteiger partial charge on any atom is 0.119 e. The van der Waals surface area contributed by atoms with Crippen LogP contribution in [0.3, 0.4) is 0 Å². The van der Waals surface area contributed by atoms with Crippen LogP contribution in [-0.4, -0.2) is 25.7 Å². The van der Waals surface area contributed by atoms with Gasteiger partial charge in [-0.1, -0.05) is 33.1 Å². The molecule has 0 unspecified atom stereocenters. The van der Waals surface area contributed by atoms with Crippen molar-refractivity contribution in [2.45, 2.75) is 58.4 Å². The summed E-state index contributed by atoms with van der Waals surface area (Å²) < 4.78 is 5.74. The van der Waals surface area contributed by atoms with Crippen molar-refractivity contribution in [3.8, 4) is 5.75 Å². The zero-order valence-electron chi connectivity index (χ0n) is 14.2. The van der Waals surface area contributed by atoms with Gasteiger partial charge >= 0.3 is 0 Å². The van der Waals surface area contributed by atoms with E-state index in [4.69, 9.17) is 4.74 Å². The van der Waals surface area contributed by atoms with Crippen LogP contribution in [0.15, 0.2) is 24.3 Å². The van der Waals surface area contributed by atoms with Crippen LogP contribution in [-0.2, 0) is 0 Å². The number of benzene rings is 1. The molecule has 124 valence electrons. The fourth-order valence-electron chi connectivity index (χ4n) is 2.87. The summed E-state index contributed by atoms with van der Waals surface area (Å²) in [6, 6.07) is 9.05. The van der Waals surface area contributed by atoms with Gasteiger partial charge in [-0.05, 0) is 49.4 Å². The third-order valence-electron chi connectivity index (χ3n) is 4.31. The molecule has 1 aliphatic carbocycles. The molecular formula is C19H32N2O. The fraction of sp³-hybridized carbons (Fsp3) is 0.684. The van der Waals surface area contributed by atoms with Gasteiger partial charge in [-0.25, -0.2) is 0 Å². The predicted molar refractivity (Wildman–Crippen MR) is 94.8 cm³/mol. The first kappa shape index (κ1) is 17.1. The summed E-state index contributed by atoms with van der Waals surface area (Å²) in [6.45, 7) is 7.26. The van der Waals surface area contributed by atoms with Gasteiger partial charge < -0.3 is 15.4 Å². The average Bonchev–Trinajstić information content (AvgIpc) is 2.54. The summed E-state index contributed by atoms with van der Waals surface area (Å²) >= 11 is 0. The second-order valence-electron chi connectivity index (χ2n) is 6.77. The van der Waals surface area contributed by atoms with Gasteiger partial charge in [0.25, 0.3) is 0 Å². The molecule has 1 aromatic carbocycles. The molecule has 2 N–H and O–H groups in total. The smallest absolute Gasteiger partial charge is 0.119 e. The van der Waals surface area contributed by atoms with E-state index in [-0.39, 0.29) is 0 Å². The highest BCUT2D eigenvalue weighted by atomic mass is 16.5. The highest BCUT2D eigenvalue weighted by Crippen LogP contribution is 2.18. The van der Waals surface area contributed by atoms with Crippen molar-refractivity contribution in [3.05, 3.63) is 24.3 Å². The van der Waals surface area contributed by atoms with Crippen molar-refractivity contribution in [1.29, 1.82) is 0 Å². The summed E-state index contributed by atoms with van der Waals surface area (Å²) in [5.74, 6) is 1.66. The molecule has 2 rings (SSSR count). The summed E-state index contributed by atoms with van der Waals surface area (Å²) in [6.07, 6.45) is 8.01. The Balaban J connectivity index is 1.59. The van der Waals surface area contributed by atoms with E-state index in [0.717, 1.165) is 37.9 Å². The molecule has 22 heavy (non-hydrogen) atoms. The molecule has 0 atom stereocenters. The van der Waals surface area contributed by atoms with E-state index in [9.17, 15) is 0 Å². The lowest BCUT2D eigenvalue weighted by Crippen LogP contribution is -2.34. The molecular weight excluding hydrogens is 272 g/mol. The minimum atomic E-state index is 0.692. The first-order chi connectivity index (χ1) is 10.7. The molecule has 0 bridgehead atoms. The first-order valence-electron chi connectivity index (χ1n) is 8.94. The van der Waals surface area contributed by atoms with Crippen molar-refractivity contribution in [3.63, 3.8) is 0 Å². The van der Waals surface area contributed by atoms with Crippen LogP contribution >= 0.6 is 0 Å². The number of rotatable bonds is 9. The Hall–Kier alpha value is -1.22. The molecule has 0 radical (unpaired) electrons. The SMILES string of the molecule is CC(C)CCOc1ccc(NCCNC2CCCCC2)cc1. The fourth-order valence-corrected chi connectivity index (χ4v) is 2.87. The van der Waals surface area contributed by atoms with E-state index < -0.39 is 0 Å². The molecule has 0 spiro atoms. The standard InChI is InChI=1S/C19H32N2O/c1-16(2)12-15-22-19-10-8-18(9-11-19)21-14-13-20-17-6-4-3-5-7-17/h8-11,16-17,20-21H,3-7,12-15H2,1-2H3. The molecule has 0 saturated heterocycles. The molecule has 1 saturated carbocycles. The maximum absolute atomic E-state index is 5.74. The molecule has 3 nitrogen and oxygen atoms in total. The highest BCUT2D eigenvalue weighted by Gasteiger charge is 2.11. The minimum Gasteiger partial charge on any atom is -0.494 e. The van der Waals surface area contributed by atoms with Gasteiger partial charge in [-0.3, -0.25) is 0 Å². The van der Waals surface area contributed by atoms with Crippen molar-refractivity contribution in [2.75, 3.05) is 25.0 Å². The maximum atomic E-state index is 5.74. The van der Waals surface area contributed by atoms with E-state index in [1.54, 1.807) is 0 Å². The molecule has 0 aromatic heterocycles. The van der Waals surface area contributed by atoms with E-state index in [1.807, 2.05) is 0 Å². The van der Waals surface area contributed by atoms with Crippen LogP contribution in [0.2, 0.25) is 0 Å². The normalized spacial score (nSPS) is 16.0. The van der Waals surface area contributed by atoms with Crippen LogP contribution < -0.4 is 15.4 Å². The quantitative estimate of drug-likeness (QED) is 0.661. The lowest BCUT2D eigenvalue weighted by molar-refractivity contribution is 0.289. The van der Waals surface area contributed by atoms with Gasteiger partial charge in [-0.2, -0.15) is 0 Å². The molecule has 1 fully saturated rings. The van der Waals surface area contributed by atoms with Crippen LogP contribution in [0, 0.1) is 5.92 Å². The summed E-state index contributed by atoms with van der Waals surface area (Å²) in [5.41, 5.74) is 1.17. The number of ether oxygens (including phenoxy) is 1. The van der Waals surface area contributed by atoms with Crippen molar-refractivity contribution in [1.82, 2.24) is 5.32 Å². The monoisotopic (exact) mass is 304 g/mol. The van der Waals surface area contributed by atoms with Gasteiger partial charge in [0.05, 0.1) is 6.61 Å². The third-order valence-corrected chi connectivity index (χ3v) is 4.31. The topological polar surface area (TPSA) is 33.3 Å². The van der Waals surface area contributed by atoms with Gasteiger partial charge in [-0.15, -0.1) is 0 Å². The van der Waals surface area contributed by atoms with Crippen LogP contribution in [0.5, 0.6) is 5.75 Å². The van der Waals surface area contributed by atoms with Crippen molar-refractivity contribution < 1.29 is 4.74 Å². The van der Waals surface area contributed by atoms with Gasteiger partial charge in [0.2, 0.25) is 0 Å². The van der Waals surface area contributed by atoms with E-state index in [2.05, 4.69) is 48.7 Å². The Labute approximate surface area is 135 Å². The number of nitrogens with one attached hydrogen (secondary N) is 2. The van der Waals surface area contributed by atoms with Gasteiger partial charge in [0.15, 0.2) is 0 Å². The Morgan fingerprint density at radius 2 is 1.77 bits per heavy atom. The largest absolute Gasteiger partial charge is 0.494 e. The number of hydrogen-bond donors (Lipinski definition) is 2. The summed E-state index contributed by atoms with van der Waals surface area (Å²) in [5, 5.41) is 7.12. The highest BCUT2D eigenvalue weighted by molar-refractivity contribution is 5.46. The minimum absolute atomic E-state index is 0.692. The Morgan fingerprint density at radius 1 is 1.05 bits per heavy atom. The zero-order valence-corrected chi connectivity index (χ0v) is 14.2. The van der Waals surface area contributed by atoms with Gasteiger partial charge in [0, 0.05) is 24.8 Å². The number of hydrogen-bond acceptors (Lipinski definition) is 3.